The molecule has 6 atom stereocenters. The SMILES string of the molecule is CC(C)C[C@H](NC(=O)[C@H](Cc1cnc[nH]1)NC(=O)[C@@H](N)CCCN=C(N)N)C(=O)N[C@@H](CC(=O)O)C(=O)N[C@@H](Cc1cnc[nH]1)C(=O)N[C@@H](Cc1ccc(O)cc1)C(=O)O. The molecule has 2 aromatic heterocycles. The minimum Gasteiger partial charge on any atom is -0.508 e. The van der Waals surface area contributed by atoms with E-state index in [0.29, 0.717) is 23.4 Å². The molecule has 23 nitrogen and oxygen atoms in total. The van der Waals surface area contributed by atoms with Crippen LogP contribution < -0.4 is 43.8 Å². The molecule has 60 heavy (non-hydrogen) atoms. The highest BCUT2D eigenvalue weighted by molar-refractivity contribution is 5.97. The van der Waals surface area contributed by atoms with E-state index in [1.54, 1.807) is 13.8 Å². The van der Waals surface area contributed by atoms with Crippen LogP contribution in [0.25, 0.3) is 0 Å². The number of phenolic OH excluding ortho intramolecular Hbond substituents is 1. The Morgan fingerprint density at radius 2 is 1.18 bits per heavy atom. The maximum Gasteiger partial charge on any atom is 0.326 e. The largest absolute Gasteiger partial charge is 0.508 e. The van der Waals surface area contributed by atoms with Gasteiger partial charge in [0.1, 0.15) is 36.0 Å². The zero-order valence-electron chi connectivity index (χ0n) is 33.1. The molecule has 3 aromatic rings. The Kier molecular flexibility index (Phi) is 18.5. The highest BCUT2D eigenvalue weighted by Gasteiger charge is 2.34. The predicted molar refractivity (Wildman–Crippen MR) is 213 cm³/mol. The minimum absolute atomic E-state index is 0.0104. The molecule has 0 bridgehead atoms. The summed E-state index contributed by atoms with van der Waals surface area (Å²) in [5.74, 6) is -7.77. The number of phenols is 1. The first-order chi connectivity index (χ1) is 28.4. The molecule has 326 valence electrons. The number of carboxylic acid groups (broad SMARTS) is 2. The van der Waals surface area contributed by atoms with E-state index < -0.39 is 84.1 Å². The first-order valence-corrected chi connectivity index (χ1v) is 18.9. The summed E-state index contributed by atoms with van der Waals surface area (Å²) in [6.07, 6.45) is 4.56. The van der Waals surface area contributed by atoms with Crippen LogP contribution >= 0.6 is 0 Å². The number of nitrogens with one attached hydrogen (secondary N) is 7. The number of aromatic amines is 2. The van der Waals surface area contributed by atoms with Gasteiger partial charge in [0, 0.05) is 49.6 Å². The Balaban J connectivity index is 1.81. The number of guanidine groups is 1. The van der Waals surface area contributed by atoms with Gasteiger partial charge in [0.25, 0.3) is 0 Å². The van der Waals surface area contributed by atoms with Gasteiger partial charge in [0.15, 0.2) is 5.96 Å². The van der Waals surface area contributed by atoms with Crippen LogP contribution in [-0.2, 0) is 52.8 Å². The molecule has 16 N–H and O–H groups in total. The van der Waals surface area contributed by atoms with Crippen LogP contribution in [0, 0.1) is 5.92 Å². The number of hydrogen-bond donors (Lipinski definition) is 13. The van der Waals surface area contributed by atoms with Gasteiger partial charge in [-0.15, -0.1) is 0 Å². The number of carbonyl (C=O) groups is 7. The topological polar surface area (TPSA) is 388 Å². The molecule has 0 saturated heterocycles. The highest BCUT2D eigenvalue weighted by atomic mass is 16.4. The normalized spacial score (nSPS) is 14.0. The van der Waals surface area contributed by atoms with Gasteiger partial charge in [-0.1, -0.05) is 26.0 Å². The predicted octanol–water partition coefficient (Wildman–Crippen LogP) is -2.72. The number of amides is 5. The number of imidazole rings is 2. The smallest absolute Gasteiger partial charge is 0.326 e. The van der Waals surface area contributed by atoms with E-state index in [4.69, 9.17) is 17.2 Å². The van der Waals surface area contributed by atoms with Crippen molar-refractivity contribution in [2.45, 2.75) is 95.0 Å². The second-order valence-electron chi connectivity index (χ2n) is 14.4. The molecule has 0 saturated carbocycles. The molecular formula is C37H53N13O10. The van der Waals surface area contributed by atoms with Crippen molar-refractivity contribution < 1.29 is 48.9 Å². The van der Waals surface area contributed by atoms with Gasteiger partial charge in [0.05, 0.1) is 25.1 Å². The number of aromatic hydroxyl groups is 1. The lowest BCUT2D eigenvalue weighted by Crippen LogP contribution is -2.60. The zero-order chi connectivity index (χ0) is 44.4. The molecular weight excluding hydrogens is 786 g/mol. The molecule has 0 fully saturated rings. The molecule has 0 unspecified atom stereocenters. The third-order valence-corrected chi connectivity index (χ3v) is 8.87. The first-order valence-electron chi connectivity index (χ1n) is 18.9. The number of carboxylic acids is 2. The van der Waals surface area contributed by atoms with E-state index in [1.165, 1.54) is 49.3 Å². The number of carbonyl (C=O) groups excluding carboxylic acids is 5. The van der Waals surface area contributed by atoms with Crippen LogP contribution in [0.1, 0.15) is 56.5 Å². The Labute approximate surface area is 344 Å². The number of benzene rings is 1. The fourth-order valence-corrected chi connectivity index (χ4v) is 5.82. The van der Waals surface area contributed by atoms with Crippen LogP contribution in [-0.4, -0.2) is 125 Å². The van der Waals surface area contributed by atoms with Crippen LogP contribution in [0.3, 0.4) is 0 Å². The summed E-state index contributed by atoms with van der Waals surface area (Å²) in [6, 6.07) is -2.79. The Morgan fingerprint density at radius 1 is 0.700 bits per heavy atom. The van der Waals surface area contributed by atoms with Crippen molar-refractivity contribution in [3.05, 3.63) is 66.3 Å². The fourth-order valence-electron chi connectivity index (χ4n) is 5.82. The van der Waals surface area contributed by atoms with E-state index in [9.17, 15) is 48.9 Å². The first kappa shape index (κ1) is 47.3. The fraction of sp³-hybridized carbons (Fsp3) is 0.459. The quantitative estimate of drug-likeness (QED) is 0.0234. The van der Waals surface area contributed by atoms with Gasteiger partial charge in [-0.25, -0.2) is 14.8 Å². The van der Waals surface area contributed by atoms with E-state index >= 15 is 0 Å². The van der Waals surface area contributed by atoms with Gasteiger partial charge in [-0.2, -0.15) is 0 Å². The van der Waals surface area contributed by atoms with Gasteiger partial charge < -0.3 is 69.1 Å². The molecule has 0 aliphatic rings. The number of aromatic nitrogens is 4. The number of nitrogens with zero attached hydrogens (tertiary/aromatic N) is 3. The van der Waals surface area contributed by atoms with Crippen LogP contribution in [0.5, 0.6) is 5.75 Å². The van der Waals surface area contributed by atoms with Crippen molar-refractivity contribution in [1.82, 2.24) is 46.5 Å². The van der Waals surface area contributed by atoms with Crippen molar-refractivity contribution in [1.29, 1.82) is 0 Å². The number of H-pyrrole nitrogens is 2. The van der Waals surface area contributed by atoms with Crippen molar-refractivity contribution in [3.63, 3.8) is 0 Å². The summed E-state index contributed by atoms with van der Waals surface area (Å²) in [5.41, 5.74) is 18.0. The molecule has 0 aliphatic heterocycles. The van der Waals surface area contributed by atoms with Gasteiger partial charge >= 0.3 is 11.9 Å². The van der Waals surface area contributed by atoms with Gasteiger partial charge in [-0.05, 0) is 42.9 Å². The number of rotatable bonds is 25. The van der Waals surface area contributed by atoms with E-state index in [0.717, 1.165) is 0 Å². The third kappa shape index (κ3) is 16.4. The molecule has 3 rings (SSSR count). The van der Waals surface area contributed by atoms with E-state index in [1.807, 2.05) is 0 Å². The van der Waals surface area contributed by atoms with E-state index in [2.05, 4.69) is 51.5 Å². The van der Waals surface area contributed by atoms with Gasteiger partial charge in [-0.3, -0.25) is 33.8 Å². The Morgan fingerprint density at radius 3 is 1.67 bits per heavy atom. The van der Waals surface area contributed by atoms with E-state index in [-0.39, 0.29) is 56.3 Å². The third-order valence-electron chi connectivity index (χ3n) is 8.87. The number of nitrogens with two attached hydrogens (primary N) is 3. The number of hydrogen-bond acceptors (Lipinski definition) is 12. The molecule has 0 aliphatic carbocycles. The maximum absolute atomic E-state index is 13.8. The second-order valence-corrected chi connectivity index (χ2v) is 14.4. The Bertz CT molecular complexity index is 1920. The lowest BCUT2D eigenvalue weighted by atomic mass is 10.0. The molecule has 5 amide bonds. The number of aliphatic imine (C=N–C) groups is 1. The lowest BCUT2D eigenvalue weighted by Gasteiger charge is -2.27. The molecule has 2 heterocycles. The summed E-state index contributed by atoms with van der Waals surface area (Å²) in [5, 5.41) is 41.6. The maximum atomic E-state index is 13.8. The standard InChI is InChI=1S/C37H53N13O10/c1-19(2)10-25(47-33(56)26(12-21-15-41-17-44-21)46-31(54)24(38)4-3-9-43-37(39)40)32(55)49-28(14-30(52)53)35(58)48-27(13-22-16-42-18-45-22)34(57)50-29(36(59)60)11-20-5-7-23(51)8-6-20/h5-8,15-19,24-29,51H,3-4,9-14,38H2,1-2H3,(H,41,44)(H,42,45)(H,46,54)(H,47,56)(H,48,58)(H,49,55)(H,50,57)(H,52,53)(H,59,60)(H4,39,40,43)/t24-,25-,26-,27-,28-,29-/m0/s1. The van der Waals surface area contributed by atoms with Crippen LogP contribution in [0.2, 0.25) is 0 Å². The van der Waals surface area contributed by atoms with Crippen molar-refractivity contribution in [2.75, 3.05) is 6.54 Å². The Hall–Kier alpha value is -7.04. The second kappa shape index (κ2) is 23.4. The zero-order valence-corrected chi connectivity index (χ0v) is 33.1. The molecule has 1 aromatic carbocycles. The van der Waals surface area contributed by atoms with Crippen molar-refractivity contribution >= 4 is 47.4 Å². The monoisotopic (exact) mass is 839 g/mol. The highest BCUT2D eigenvalue weighted by Crippen LogP contribution is 2.13. The summed E-state index contributed by atoms with van der Waals surface area (Å²) in [7, 11) is 0. The van der Waals surface area contributed by atoms with Crippen molar-refractivity contribution in [2.24, 2.45) is 28.1 Å². The molecule has 0 spiro atoms. The lowest BCUT2D eigenvalue weighted by molar-refractivity contribution is -0.143. The van der Waals surface area contributed by atoms with Crippen LogP contribution in [0.15, 0.2) is 54.3 Å². The van der Waals surface area contributed by atoms with Crippen LogP contribution in [0.4, 0.5) is 0 Å². The molecule has 0 radical (unpaired) electrons. The van der Waals surface area contributed by atoms with Gasteiger partial charge in [0.2, 0.25) is 29.5 Å². The summed E-state index contributed by atoms with van der Waals surface area (Å²) >= 11 is 0. The summed E-state index contributed by atoms with van der Waals surface area (Å²) in [4.78, 5) is 109. The summed E-state index contributed by atoms with van der Waals surface area (Å²) in [6.45, 7) is 3.73. The average molecular weight is 840 g/mol. The molecule has 23 heteroatoms. The summed E-state index contributed by atoms with van der Waals surface area (Å²) < 4.78 is 0. The number of aliphatic carboxylic acids is 2. The van der Waals surface area contributed by atoms with Crippen molar-refractivity contribution in [3.8, 4) is 5.75 Å². The minimum atomic E-state index is -1.79. The average Bonchev–Trinajstić information content (AvgIpc) is 3.90.